The molecular formula is C9H8ClFO4S. The third-order valence-corrected chi connectivity index (χ3v) is 3.07. The number of alkyl halides is 1. The van der Waals surface area contributed by atoms with Gasteiger partial charge in [-0.2, -0.15) is 0 Å². The summed E-state index contributed by atoms with van der Waals surface area (Å²) in [5.41, 5.74) is 0.650. The molecule has 1 aromatic rings. The Morgan fingerprint density at radius 2 is 2.12 bits per heavy atom. The number of halogens is 2. The fraction of sp³-hybridized carbons (Fsp3) is 0.333. The first-order chi connectivity index (χ1) is 7.49. The topological polar surface area (TPSA) is 52.6 Å². The van der Waals surface area contributed by atoms with Gasteiger partial charge in [0.05, 0.1) is 5.75 Å². The van der Waals surface area contributed by atoms with E-state index < -0.39 is 21.5 Å². The van der Waals surface area contributed by atoms with Crippen molar-refractivity contribution in [1.82, 2.24) is 0 Å². The molecule has 0 atom stereocenters. The van der Waals surface area contributed by atoms with Crippen molar-refractivity contribution in [3.63, 3.8) is 0 Å². The molecule has 2 rings (SSSR count). The Kier molecular flexibility index (Phi) is 2.94. The maximum absolute atomic E-state index is 12.5. The molecule has 0 N–H and O–H groups in total. The first-order valence-corrected chi connectivity index (χ1v) is 6.87. The summed E-state index contributed by atoms with van der Waals surface area (Å²) in [6.45, 7) is -0.702. The van der Waals surface area contributed by atoms with Crippen LogP contribution in [0.1, 0.15) is 11.1 Å². The zero-order chi connectivity index (χ0) is 11.8. The van der Waals surface area contributed by atoms with Crippen molar-refractivity contribution in [2.24, 2.45) is 0 Å². The lowest BCUT2D eigenvalue weighted by Gasteiger charge is -2.05. The lowest BCUT2D eigenvalue weighted by Crippen LogP contribution is -1.99. The Balaban J connectivity index is 2.47. The van der Waals surface area contributed by atoms with Crippen LogP contribution in [0, 0.1) is 0 Å². The molecule has 0 amide bonds. The van der Waals surface area contributed by atoms with E-state index in [1.165, 1.54) is 12.1 Å². The smallest absolute Gasteiger partial charge is 0.236 e. The van der Waals surface area contributed by atoms with Crippen LogP contribution in [0.3, 0.4) is 0 Å². The molecule has 1 aliphatic rings. The number of hydrogen-bond donors (Lipinski definition) is 0. The Morgan fingerprint density at radius 3 is 2.75 bits per heavy atom. The summed E-state index contributed by atoms with van der Waals surface area (Å²) in [7, 11) is 1.44. The first-order valence-electron chi connectivity index (χ1n) is 4.39. The normalized spacial score (nSPS) is 14.1. The minimum absolute atomic E-state index is 0.000402. The second-order valence-electron chi connectivity index (χ2n) is 3.31. The van der Waals surface area contributed by atoms with E-state index in [-0.39, 0.29) is 6.79 Å². The van der Waals surface area contributed by atoms with Crippen molar-refractivity contribution < 1.29 is 22.3 Å². The Labute approximate surface area is 96.3 Å². The second-order valence-corrected chi connectivity index (χ2v) is 6.08. The predicted octanol–water partition coefficient (Wildman–Crippen LogP) is 1.95. The van der Waals surface area contributed by atoms with Crippen molar-refractivity contribution >= 4 is 19.7 Å². The van der Waals surface area contributed by atoms with Crippen LogP contribution in [0.4, 0.5) is 4.39 Å². The van der Waals surface area contributed by atoms with E-state index >= 15 is 0 Å². The van der Waals surface area contributed by atoms with E-state index in [0.717, 1.165) is 0 Å². The molecule has 16 heavy (non-hydrogen) atoms. The van der Waals surface area contributed by atoms with Gasteiger partial charge in [0, 0.05) is 16.2 Å². The lowest BCUT2D eigenvalue weighted by atomic mass is 10.1. The summed E-state index contributed by atoms with van der Waals surface area (Å²) in [5.74, 6) is 0.264. The molecular weight excluding hydrogens is 259 g/mol. The SMILES string of the molecule is O=S(=O)(Cl)Cc1cc(CF)cc2c1OCO2. The molecule has 0 aliphatic carbocycles. The van der Waals surface area contributed by atoms with Crippen molar-refractivity contribution in [2.75, 3.05) is 6.79 Å². The lowest BCUT2D eigenvalue weighted by molar-refractivity contribution is 0.173. The van der Waals surface area contributed by atoms with E-state index in [1.54, 1.807) is 0 Å². The molecule has 0 bridgehead atoms. The zero-order valence-electron chi connectivity index (χ0n) is 8.07. The average molecular weight is 267 g/mol. The van der Waals surface area contributed by atoms with Gasteiger partial charge in [0.1, 0.15) is 6.67 Å². The predicted molar refractivity (Wildman–Crippen MR) is 55.9 cm³/mol. The van der Waals surface area contributed by atoms with Gasteiger partial charge >= 0.3 is 0 Å². The summed E-state index contributed by atoms with van der Waals surface area (Å²) in [5, 5.41) is 0. The van der Waals surface area contributed by atoms with E-state index in [1.807, 2.05) is 0 Å². The van der Waals surface area contributed by atoms with Crippen LogP contribution in [0.2, 0.25) is 0 Å². The van der Waals surface area contributed by atoms with Gasteiger partial charge in [-0.15, -0.1) is 0 Å². The van der Waals surface area contributed by atoms with Crippen LogP contribution in [-0.4, -0.2) is 15.2 Å². The van der Waals surface area contributed by atoms with Crippen LogP contribution >= 0.6 is 10.7 Å². The quantitative estimate of drug-likeness (QED) is 0.785. The van der Waals surface area contributed by atoms with Crippen LogP contribution < -0.4 is 9.47 Å². The fourth-order valence-corrected chi connectivity index (χ4v) is 2.45. The van der Waals surface area contributed by atoms with E-state index in [0.29, 0.717) is 22.6 Å². The maximum atomic E-state index is 12.5. The summed E-state index contributed by atoms with van der Waals surface area (Å²) < 4.78 is 44.7. The molecule has 1 aromatic carbocycles. The average Bonchev–Trinajstić information content (AvgIpc) is 2.63. The monoisotopic (exact) mass is 266 g/mol. The highest BCUT2D eigenvalue weighted by Gasteiger charge is 2.22. The molecule has 0 saturated heterocycles. The molecule has 0 aromatic heterocycles. The molecule has 0 unspecified atom stereocenters. The van der Waals surface area contributed by atoms with Gasteiger partial charge in [0.15, 0.2) is 11.5 Å². The van der Waals surface area contributed by atoms with E-state index in [4.69, 9.17) is 20.2 Å². The minimum Gasteiger partial charge on any atom is -0.454 e. The number of benzene rings is 1. The largest absolute Gasteiger partial charge is 0.454 e. The maximum Gasteiger partial charge on any atom is 0.236 e. The van der Waals surface area contributed by atoms with E-state index in [2.05, 4.69) is 0 Å². The third-order valence-electron chi connectivity index (χ3n) is 2.09. The summed E-state index contributed by atoms with van der Waals surface area (Å²) >= 11 is 0. The Morgan fingerprint density at radius 1 is 1.38 bits per heavy atom. The van der Waals surface area contributed by atoms with Crippen molar-refractivity contribution in [1.29, 1.82) is 0 Å². The standard InChI is InChI=1S/C9H8ClFO4S/c10-16(12,13)4-7-1-6(3-11)2-8-9(7)15-5-14-8/h1-2H,3-5H2. The van der Waals surface area contributed by atoms with Crippen molar-refractivity contribution in [3.05, 3.63) is 23.3 Å². The number of hydrogen-bond acceptors (Lipinski definition) is 4. The van der Waals surface area contributed by atoms with Gasteiger partial charge in [-0.25, -0.2) is 12.8 Å². The number of fused-ring (bicyclic) bond motifs is 1. The van der Waals surface area contributed by atoms with Crippen molar-refractivity contribution in [3.8, 4) is 11.5 Å². The highest BCUT2D eigenvalue weighted by molar-refractivity contribution is 8.13. The first kappa shape index (κ1) is 11.5. The van der Waals surface area contributed by atoms with Gasteiger partial charge in [-0.05, 0) is 17.7 Å². The van der Waals surface area contributed by atoms with Gasteiger partial charge in [-0.1, -0.05) is 0 Å². The summed E-state index contributed by atoms with van der Waals surface area (Å²) in [4.78, 5) is 0. The van der Waals surface area contributed by atoms with Gasteiger partial charge in [-0.3, -0.25) is 0 Å². The molecule has 1 heterocycles. The highest BCUT2D eigenvalue weighted by atomic mass is 35.7. The van der Waals surface area contributed by atoms with Crippen LogP contribution in [0.15, 0.2) is 12.1 Å². The molecule has 0 radical (unpaired) electrons. The molecule has 88 valence electrons. The minimum atomic E-state index is -3.71. The molecule has 0 saturated carbocycles. The van der Waals surface area contributed by atoms with Crippen LogP contribution in [0.5, 0.6) is 11.5 Å². The number of rotatable bonds is 3. The Hall–Kier alpha value is -1.01. The number of ether oxygens (including phenoxy) is 2. The summed E-state index contributed by atoms with van der Waals surface area (Å²) in [6.07, 6.45) is 0. The summed E-state index contributed by atoms with van der Waals surface area (Å²) in [6, 6.07) is 2.89. The van der Waals surface area contributed by atoms with Crippen LogP contribution in [0.25, 0.3) is 0 Å². The van der Waals surface area contributed by atoms with Crippen molar-refractivity contribution in [2.45, 2.75) is 12.4 Å². The molecule has 0 fully saturated rings. The van der Waals surface area contributed by atoms with Gasteiger partial charge < -0.3 is 9.47 Å². The van der Waals surface area contributed by atoms with Gasteiger partial charge in [0.25, 0.3) is 0 Å². The zero-order valence-corrected chi connectivity index (χ0v) is 9.65. The Bertz CT molecular complexity index is 514. The van der Waals surface area contributed by atoms with Gasteiger partial charge in [0.2, 0.25) is 15.8 Å². The molecule has 1 aliphatic heterocycles. The molecule has 0 spiro atoms. The molecule has 7 heteroatoms. The second kappa shape index (κ2) is 4.10. The fourth-order valence-electron chi connectivity index (χ4n) is 1.52. The highest BCUT2D eigenvalue weighted by Crippen LogP contribution is 2.38. The van der Waals surface area contributed by atoms with E-state index in [9.17, 15) is 12.8 Å². The van der Waals surface area contributed by atoms with Crippen LogP contribution in [-0.2, 0) is 21.5 Å². The third kappa shape index (κ3) is 2.38. The molecule has 4 nitrogen and oxygen atoms in total.